The number of benzene rings is 2. The van der Waals surface area contributed by atoms with Crippen LogP contribution in [0.4, 0.5) is 17.6 Å². The van der Waals surface area contributed by atoms with Crippen molar-refractivity contribution < 1.29 is 31.8 Å². The average molecular weight is 645 g/mol. The van der Waals surface area contributed by atoms with Gasteiger partial charge < -0.3 is 14.2 Å². The molecule has 5 rings (SSSR count). The van der Waals surface area contributed by atoms with Gasteiger partial charge in [-0.2, -0.15) is 8.78 Å². The lowest BCUT2D eigenvalue weighted by Gasteiger charge is -2.36. The van der Waals surface area contributed by atoms with Crippen molar-refractivity contribution in [2.75, 3.05) is 19.8 Å². The molecule has 0 heterocycles. The summed E-state index contributed by atoms with van der Waals surface area (Å²) in [6.45, 7) is 5.62. The molecule has 0 amide bonds. The first-order chi connectivity index (χ1) is 22.4. The Morgan fingerprint density at radius 3 is 1.89 bits per heavy atom. The first-order valence-corrected chi connectivity index (χ1v) is 17.9. The van der Waals surface area contributed by atoms with E-state index in [-0.39, 0.29) is 23.5 Å². The second-order valence-electron chi connectivity index (χ2n) is 13.8. The topological polar surface area (TPSA) is 27.7 Å². The number of rotatable bonds is 14. The van der Waals surface area contributed by atoms with Gasteiger partial charge in [-0.3, -0.25) is 0 Å². The summed E-state index contributed by atoms with van der Waals surface area (Å²) in [6, 6.07) is 6.52. The van der Waals surface area contributed by atoms with E-state index in [1.54, 1.807) is 24.3 Å². The molecule has 7 heteroatoms. The Balaban J connectivity index is 1.02. The molecule has 254 valence electrons. The lowest BCUT2D eigenvalue weighted by Crippen LogP contribution is -2.28. The predicted octanol–water partition coefficient (Wildman–Crippen LogP) is 11.3. The van der Waals surface area contributed by atoms with Crippen molar-refractivity contribution in [3.05, 3.63) is 64.7 Å². The van der Waals surface area contributed by atoms with Crippen LogP contribution in [-0.2, 0) is 4.74 Å². The van der Waals surface area contributed by atoms with Crippen LogP contribution in [-0.4, -0.2) is 25.9 Å². The van der Waals surface area contributed by atoms with Gasteiger partial charge in [-0.15, -0.1) is 0 Å². The minimum atomic E-state index is -0.882. The van der Waals surface area contributed by atoms with Crippen LogP contribution in [0.25, 0.3) is 5.57 Å². The first-order valence-electron chi connectivity index (χ1n) is 17.9. The van der Waals surface area contributed by atoms with E-state index in [2.05, 4.69) is 6.08 Å². The van der Waals surface area contributed by atoms with Crippen molar-refractivity contribution >= 4 is 5.57 Å². The summed E-state index contributed by atoms with van der Waals surface area (Å²) in [5.41, 5.74) is 1.74. The number of hydrogen-bond acceptors (Lipinski definition) is 3. The van der Waals surface area contributed by atoms with Crippen LogP contribution in [0, 0.1) is 41.0 Å². The molecule has 0 aliphatic heterocycles. The van der Waals surface area contributed by atoms with Gasteiger partial charge in [0.1, 0.15) is 0 Å². The van der Waals surface area contributed by atoms with Crippen molar-refractivity contribution in [3.8, 4) is 11.5 Å². The molecule has 0 aromatic heterocycles. The van der Waals surface area contributed by atoms with E-state index in [1.807, 2.05) is 13.8 Å². The fourth-order valence-corrected chi connectivity index (χ4v) is 7.68. The molecule has 3 aliphatic carbocycles. The van der Waals surface area contributed by atoms with Crippen LogP contribution in [0.5, 0.6) is 11.5 Å². The van der Waals surface area contributed by atoms with Crippen LogP contribution in [0.2, 0.25) is 0 Å². The SMILES string of the molecule is CCCCOc1ccc(C2=CCC(C3CCC(COC4CCC(c5ccc(OCCCC)c(F)c5F)CC4)CC3)CC2)c(F)c1F. The van der Waals surface area contributed by atoms with Crippen LogP contribution >= 0.6 is 0 Å². The van der Waals surface area contributed by atoms with E-state index in [9.17, 15) is 17.6 Å². The quantitative estimate of drug-likeness (QED) is 0.151. The summed E-state index contributed by atoms with van der Waals surface area (Å²) in [6.07, 6.45) is 16.5. The largest absolute Gasteiger partial charge is 0.490 e. The maximum absolute atomic E-state index is 14.9. The molecule has 2 aromatic rings. The molecule has 0 bridgehead atoms. The standard InChI is InChI=1S/C39H52F4O3/c1-3-5-23-44-34-21-19-32(36(40)38(34)42)29-13-11-28(12-14-29)27-9-7-26(8-10-27)25-46-31-17-15-30(16-18-31)33-20-22-35(39(43)37(33)41)45-24-6-4-2/h13,19-22,26-28,30-31H,3-12,14-18,23-25H2,1-2H3. The highest BCUT2D eigenvalue weighted by Gasteiger charge is 2.31. The molecular weight excluding hydrogens is 592 g/mol. The number of allylic oxidation sites excluding steroid dienone is 2. The molecule has 1 unspecified atom stereocenters. The molecule has 2 saturated carbocycles. The van der Waals surface area contributed by atoms with E-state index in [0.717, 1.165) is 95.7 Å². The van der Waals surface area contributed by atoms with Gasteiger partial charge in [-0.05, 0) is 136 Å². The van der Waals surface area contributed by atoms with Crippen molar-refractivity contribution in [3.63, 3.8) is 0 Å². The summed E-state index contributed by atoms with van der Waals surface area (Å²) in [5.74, 6) is -1.47. The highest BCUT2D eigenvalue weighted by atomic mass is 19.2. The van der Waals surface area contributed by atoms with Crippen LogP contribution in [0.3, 0.4) is 0 Å². The van der Waals surface area contributed by atoms with E-state index in [4.69, 9.17) is 14.2 Å². The minimum Gasteiger partial charge on any atom is -0.490 e. The zero-order chi connectivity index (χ0) is 32.5. The van der Waals surface area contributed by atoms with Gasteiger partial charge in [0, 0.05) is 12.2 Å². The lowest BCUT2D eigenvalue weighted by atomic mass is 9.71. The Labute approximate surface area is 273 Å². The zero-order valence-corrected chi connectivity index (χ0v) is 27.7. The van der Waals surface area contributed by atoms with Gasteiger partial charge >= 0.3 is 0 Å². The van der Waals surface area contributed by atoms with E-state index >= 15 is 0 Å². The van der Waals surface area contributed by atoms with Crippen molar-refractivity contribution in [2.45, 2.75) is 122 Å². The fourth-order valence-electron chi connectivity index (χ4n) is 7.68. The second-order valence-corrected chi connectivity index (χ2v) is 13.8. The Morgan fingerprint density at radius 1 is 0.652 bits per heavy atom. The minimum absolute atomic E-state index is 0.000890. The molecule has 3 aliphatic rings. The van der Waals surface area contributed by atoms with Gasteiger partial charge in [-0.1, -0.05) is 38.8 Å². The van der Waals surface area contributed by atoms with E-state index < -0.39 is 23.3 Å². The third-order valence-electron chi connectivity index (χ3n) is 10.7. The fraction of sp³-hybridized carbons (Fsp3) is 0.641. The van der Waals surface area contributed by atoms with Crippen LogP contribution < -0.4 is 9.47 Å². The highest BCUT2D eigenvalue weighted by molar-refractivity contribution is 5.67. The summed E-state index contributed by atoms with van der Waals surface area (Å²) < 4.78 is 76.2. The Kier molecular flexibility index (Phi) is 12.9. The zero-order valence-electron chi connectivity index (χ0n) is 27.7. The highest BCUT2D eigenvalue weighted by Crippen LogP contribution is 2.43. The lowest BCUT2D eigenvalue weighted by molar-refractivity contribution is -0.00689. The molecular formula is C39H52F4O3. The third-order valence-corrected chi connectivity index (χ3v) is 10.7. The predicted molar refractivity (Wildman–Crippen MR) is 175 cm³/mol. The maximum atomic E-state index is 14.9. The molecule has 3 nitrogen and oxygen atoms in total. The number of hydrogen-bond donors (Lipinski definition) is 0. The Hall–Kier alpha value is -2.54. The third kappa shape index (κ3) is 8.67. The van der Waals surface area contributed by atoms with Gasteiger partial charge in [0.25, 0.3) is 0 Å². The van der Waals surface area contributed by atoms with Gasteiger partial charge in [-0.25, -0.2) is 8.78 Å². The van der Waals surface area contributed by atoms with Gasteiger partial charge in [0.05, 0.1) is 19.3 Å². The normalized spacial score (nSPS) is 25.3. The van der Waals surface area contributed by atoms with Crippen molar-refractivity contribution in [1.29, 1.82) is 0 Å². The van der Waals surface area contributed by atoms with Gasteiger partial charge in [0.15, 0.2) is 23.1 Å². The molecule has 2 aromatic carbocycles. The Bertz CT molecular complexity index is 1290. The first kappa shape index (κ1) is 34.8. The molecule has 0 spiro atoms. The molecule has 0 radical (unpaired) electrons. The smallest absolute Gasteiger partial charge is 0.201 e. The average Bonchev–Trinajstić information content (AvgIpc) is 3.09. The second kappa shape index (κ2) is 17.0. The van der Waals surface area contributed by atoms with E-state index in [1.165, 1.54) is 12.8 Å². The number of halogens is 4. The Morgan fingerprint density at radius 2 is 1.28 bits per heavy atom. The molecule has 46 heavy (non-hydrogen) atoms. The van der Waals surface area contributed by atoms with E-state index in [0.29, 0.717) is 42.1 Å². The molecule has 1 atom stereocenters. The molecule has 2 fully saturated rings. The summed E-state index contributed by atoms with van der Waals surface area (Å²) in [5, 5.41) is 0. The monoisotopic (exact) mass is 644 g/mol. The summed E-state index contributed by atoms with van der Waals surface area (Å²) in [7, 11) is 0. The van der Waals surface area contributed by atoms with Gasteiger partial charge in [0.2, 0.25) is 11.6 Å². The van der Waals surface area contributed by atoms with Crippen LogP contribution in [0.1, 0.15) is 127 Å². The van der Waals surface area contributed by atoms with Crippen LogP contribution in [0.15, 0.2) is 30.3 Å². The number of unbranched alkanes of at least 4 members (excludes halogenated alkanes) is 2. The van der Waals surface area contributed by atoms with Crippen molar-refractivity contribution in [1.82, 2.24) is 0 Å². The molecule has 0 N–H and O–H groups in total. The summed E-state index contributed by atoms with van der Waals surface area (Å²) in [4.78, 5) is 0. The number of ether oxygens (including phenoxy) is 3. The molecule has 0 saturated heterocycles. The van der Waals surface area contributed by atoms with Crippen molar-refractivity contribution in [2.24, 2.45) is 17.8 Å². The maximum Gasteiger partial charge on any atom is 0.201 e. The summed E-state index contributed by atoms with van der Waals surface area (Å²) >= 11 is 0.